The first-order chi connectivity index (χ1) is 27.8. The number of benzene rings is 9. The van der Waals surface area contributed by atoms with Crippen molar-refractivity contribution in [2.75, 3.05) is 0 Å². The van der Waals surface area contributed by atoms with E-state index in [1.807, 2.05) is 38.1 Å². The average Bonchev–Trinajstić information content (AvgIpc) is 3.82. The molecule has 3 heterocycles. The van der Waals surface area contributed by atoms with Crippen LogP contribution in [-0.2, 0) is 0 Å². The van der Waals surface area contributed by atoms with Gasteiger partial charge in [-0.2, -0.15) is 0 Å². The van der Waals surface area contributed by atoms with Gasteiger partial charge in [-0.1, -0.05) is 135 Å². The molecular weight excluding hydrogens is 683 g/mol. The van der Waals surface area contributed by atoms with Crippen molar-refractivity contribution in [2.45, 2.75) is 13.8 Å². The Kier molecular flexibility index (Phi) is 7.26. The topological polar surface area (TPSA) is 43.9 Å². The van der Waals surface area contributed by atoms with Crippen molar-refractivity contribution in [3.8, 4) is 39.3 Å². The summed E-state index contributed by atoms with van der Waals surface area (Å²) in [6, 6.07) is 62.3. The van der Waals surface area contributed by atoms with Gasteiger partial charge in [0, 0.05) is 38.7 Å². The first-order valence-electron chi connectivity index (χ1n) is 19.3. The van der Waals surface area contributed by atoms with Gasteiger partial charge in [0.15, 0.2) is 0 Å². The monoisotopic (exact) mass is 717 g/mol. The molecule has 0 aliphatic rings. The van der Waals surface area contributed by atoms with E-state index in [-0.39, 0.29) is 0 Å². The van der Waals surface area contributed by atoms with Crippen LogP contribution in [0.3, 0.4) is 0 Å². The zero-order chi connectivity index (χ0) is 37.3. The molecule has 12 aromatic rings. The maximum absolute atomic E-state index is 6.62. The highest BCUT2D eigenvalue weighted by atomic mass is 16.3. The van der Waals surface area contributed by atoms with Crippen LogP contribution in [0.1, 0.15) is 13.8 Å². The fraction of sp³-hybridized carbons (Fsp3) is 0.0385. The maximum Gasteiger partial charge on any atom is 0.138 e. The van der Waals surface area contributed by atoms with Crippen LogP contribution in [0.4, 0.5) is 0 Å². The van der Waals surface area contributed by atoms with Crippen molar-refractivity contribution in [3.63, 3.8) is 0 Å². The molecule has 264 valence electrons. The molecular formula is C52H35N3O. The molecule has 0 amide bonds. The van der Waals surface area contributed by atoms with Gasteiger partial charge in [0.2, 0.25) is 0 Å². The lowest BCUT2D eigenvalue weighted by Crippen LogP contribution is -1.96. The second-order valence-electron chi connectivity index (χ2n) is 14.1. The van der Waals surface area contributed by atoms with Crippen LogP contribution in [0.25, 0.3) is 116 Å². The first-order valence-corrected chi connectivity index (χ1v) is 19.3. The zero-order valence-electron chi connectivity index (χ0n) is 31.0. The Morgan fingerprint density at radius 3 is 1.73 bits per heavy atom. The highest BCUT2D eigenvalue weighted by molar-refractivity contribution is 6.33. The second-order valence-corrected chi connectivity index (χ2v) is 14.1. The molecule has 0 radical (unpaired) electrons. The number of furan rings is 1. The van der Waals surface area contributed by atoms with Crippen LogP contribution in [0.2, 0.25) is 0 Å². The van der Waals surface area contributed by atoms with Crippen LogP contribution in [0.5, 0.6) is 0 Å². The van der Waals surface area contributed by atoms with Gasteiger partial charge in [0.25, 0.3) is 0 Å². The Labute approximate surface area is 323 Å². The normalized spacial score (nSPS) is 11.8. The highest BCUT2D eigenvalue weighted by Crippen LogP contribution is 2.45. The third-order valence-electron chi connectivity index (χ3n) is 11.1. The fourth-order valence-electron chi connectivity index (χ4n) is 8.73. The molecule has 0 fully saturated rings. The first kappa shape index (κ1) is 32.2. The molecule has 0 saturated carbocycles. The number of aromatic nitrogens is 3. The largest absolute Gasteiger partial charge is 0.456 e. The van der Waals surface area contributed by atoms with Crippen molar-refractivity contribution < 1.29 is 4.42 Å². The molecule has 9 aromatic carbocycles. The van der Waals surface area contributed by atoms with Gasteiger partial charge in [-0.15, -0.1) is 0 Å². The van der Waals surface area contributed by atoms with Crippen LogP contribution in [-0.4, -0.2) is 14.5 Å². The second kappa shape index (κ2) is 12.6. The van der Waals surface area contributed by atoms with Crippen molar-refractivity contribution >= 4 is 76.3 Å². The highest BCUT2D eigenvalue weighted by Gasteiger charge is 2.21. The Hall–Kier alpha value is -7.30. The predicted molar refractivity (Wildman–Crippen MR) is 235 cm³/mol. The third-order valence-corrected chi connectivity index (χ3v) is 11.1. The number of para-hydroxylation sites is 3. The quantitative estimate of drug-likeness (QED) is 0.170. The minimum absolute atomic E-state index is 0.859. The van der Waals surface area contributed by atoms with Gasteiger partial charge in [0.1, 0.15) is 11.2 Å². The van der Waals surface area contributed by atoms with E-state index in [0.29, 0.717) is 0 Å². The number of hydrogen-bond donors (Lipinski definition) is 0. The summed E-state index contributed by atoms with van der Waals surface area (Å²) in [6.07, 6.45) is 0. The maximum atomic E-state index is 6.62. The Balaban J connectivity index is 0.00000179. The van der Waals surface area contributed by atoms with E-state index in [4.69, 9.17) is 14.4 Å². The van der Waals surface area contributed by atoms with Gasteiger partial charge >= 0.3 is 0 Å². The van der Waals surface area contributed by atoms with Gasteiger partial charge in [-0.05, 0) is 81.2 Å². The van der Waals surface area contributed by atoms with Crippen molar-refractivity contribution in [3.05, 3.63) is 176 Å². The molecule has 0 N–H and O–H groups in total. The van der Waals surface area contributed by atoms with Crippen LogP contribution in [0.15, 0.2) is 180 Å². The van der Waals surface area contributed by atoms with E-state index in [1.165, 1.54) is 43.3 Å². The minimum Gasteiger partial charge on any atom is -0.456 e. The molecule has 0 aliphatic heterocycles. The molecule has 0 atom stereocenters. The van der Waals surface area contributed by atoms with E-state index in [2.05, 4.69) is 156 Å². The van der Waals surface area contributed by atoms with Crippen LogP contribution < -0.4 is 0 Å². The predicted octanol–water partition coefficient (Wildman–Crippen LogP) is 14.4. The summed E-state index contributed by atoms with van der Waals surface area (Å²) in [5, 5.41) is 9.61. The number of nitrogens with zero attached hydrogens (tertiary/aromatic N) is 3. The summed E-state index contributed by atoms with van der Waals surface area (Å²) in [4.78, 5) is 10.6. The minimum atomic E-state index is 0.859. The van der Waals surface area contributed by atoms with Crippen molar-refractivity contribution in [1.82, 2.24) is 14.5 Å². The van der Waals surface area contributed by atoms with Gasteiger partial charge in [0.05, 0.1) is 39.1 Å². The Morgan fingerprint density at radius 2 is 0.946 bits per heavy atom. The molecule has 56 heavy (non-hydrogen) atoms. The van der Waals surface area contributed by atoms with Gasteiger partial charge in [-0.25, -0.2) is 9.97 Å². The summed E-state index contributed by atoms with van der Waals surface area (Å²) in [5.41, 5.74) is 13.0. The molecule has 0 aliphatic carbocycles. The summed E-state index contributed by atoms with van der Waals surface area (Å²) in [5.74, 6) is 0. The average molecular weight is 718 g/mol. The molecule has 0 spiro atoms. The van der Waals surface area contributed by atoms with Gasteiger partial charge < -0.3 is 8.98 Å². The van der Waals surface area contributed by atoms with Crippen molar-refractivity contribution in [1.29, 1.82) is 0 Å². The van der Waals surface area contributed by atoms with E-state index < -0.39 is 0 Å². The lowest BCUT2D eigenvalue weighted by atomic mass is 9.94. The molecule has 4 nitrogen and oxygen atoms in total. The molecule has 12 rings (SSSR count). The fourth-order valence-corrected chi connectivity index (χ4v) is 8.73. The zero-order valence-corrected chi connectivity index (χ0v) is 31.0. The summed E-state index contributed by atoms with van der Waals surface area (Å²) >= 11 is 0. The Bertz CT molecular complexity index is 3450. The molecule has 0 saturated heterocycles. The summed E-state index contributed by atoms with van der Waals surface area (Å²) < 4.78 is 9.00. The molecule has 4 heteroatoms. The smallest absolute Gasteiger partial charge is 0.138 e. The number of fused-ring (bicyclic) bond motifs is 7. The van der Waals surface area contributed by atoms with E-state index in [1.54, 1.807) is 0 Å². The lowest BCUT2D eigenvalue weighted by molar-refractivity contribution is 0.669. The van der Waals surface area contributed by atoms with Gasteiger partial charge in [-0.3, -0.25) is 0 Å². The lowest BCUT2D eigenvalue weighted by Gasteiger charge is -2.13. The van der Waals surface area contributed by atoms with Crippen molar-refractivity contribution in [2.24, 2.45) is 0 Å². The molecule has 3 aromatic heterocycles. The van der Waals surface area contributed by atoms with E-state index >= 15 is 0 Å². The SMILES string of the molecule is CC.c1ccc(-c2cccc(-c3nc4ccccc4nc3-c3ccc4c(c3)c3ccccc3n4-c3cc4oc5cccc6c7ccccc7c(c3)c4c56)c2)cc1. The number of rotatable bonds is 4. The molecule has 0 bridgehead atoms. The molecule has 0 unspecified atom stereocenters. The Morgan fingerprint density at radius 1 is 0.375 bits per heavy atom. The standard InChI is InChI=1S/C50H29N3O.C2H6/c1-2-12-30(13-3-1)31-14-10-15-32(26-31)49-50(52-42-21-8-7-20-41(42)51-49)33-24-25-44-39(27-33)37-18-6-9-22-43(37)53(44)34-28-40-36-17-5-4-16-35(36)38-19-11-23-45-47(38)48(40)46(29-34)54-45;1-2/h1-29H;1-2H3. The van der Waals surface area contributed by atoms with E-state index in [9.17, 15) is 0 Å². The van der Waals surface area contributed by atoms with E-state index in [0.717, 1.165) is 72.4 Å². The van der Waals surface area contributed by atoms with Crippen LogP contribution in [0, 0.1) is 0 Å². The third kappa shape index (κ3) is 4.79. The number of hydrogen-bond acceptors (Lipinski definition) is 3. The summed E-state index contributed by atoms with van der Waals surface area (Å²) in [6.45, 7) is 4.00. The summed E-state index contributed by atoms with van der Waals surface area (Å²) in [7, 11) is 0. The van der Waals surface area contributed by atoms with Crippen LogP contribution >= 0.6 is 0 Å².